The molecular weight excluding hydrogens is 338 g/mol. The van der Waals surface area contributed by atoms with Crippen LogP contribution in [0.3, 0.4) is 0 Å². The Labute approximate surface area is 129 Å². The maximum Gasteiger partial charge on any atom is 0.317 e. The van der Waals surface area contributed by atoms with Gasteiger partial charge in [-0.15, -0.1) is 0 Å². The Balaban J connectivity index is 1.91. The van der Waals surface area contributed by atoms with Gasteiger partial charge in [0.25, 0.3) is 5.56 Å². The van der Waals surface area contributed by atoms with Crippen LogP contribution >= 0.6 is 15.9 Å². The van der Waals surface area contributed by atoms with Gasteiger partial charge < -0.3 is 5.11 Å². The van der Waals surface area contributed by atoms with Crippen LogP contribution in [-0.2, 0) is 11.3 Å². The fourth-order valence-electron chi connectivity index (χ4n) is 2.34. The molecule has 0 unspecified atom stereocenters. The van der Waals surface area contributed by atoms with Crippen molar-refractivity contribution in [3.8, 4) is 0 Å². The summed E-state index contributed by atoms with van der Waals surface area (Å²) < 4.78 is 2.27. The van der Waals surface area contributed by atoms with E-state index >= 15 is 0 Å². The van der Waals surface area contributed by atoms with Gasteiger partial charge in [0.15, 0.2) is 0 Å². The van der Waals surface area contributed by atoms with Crippen molar-refractivity contribution in [2.24, 2.45) is 0 Å². The summed E-state index contributed by atoms with van der Waals surface area (Å²) in [6, 6.07) is 5.34. The summed E-state index contributed by atoms with van der Waals surface area (Å²) in [6.45, 7) is 0.366. The van der Waals surface area contributed by atoms with Gasteiger partial charge in [-0.3, -0.25) is 18.9 Å². The Bertz CT molecular complexity index is 755. The lowest BCUT2D eigenvalue weighted by atomic mass is 10.3. The number of pyridine rings is 1. The molecule has 6 nitrogen and oxygen atoms in total. The highest BCUT2D eigenvalue weighted by molar-refractivity contribution is 9.10. The number of fused-ring (bicyclic) bond motifs is 1. The van der Waals surface area contributed by atoms with Gasteiger partial charge in [-0.2, -0.15) is 0 Å². The average molecular weight is 352 g/mol. The molecule has 0 bridgehead atoms. The van der Waals surface area contributed by atoms with E-state index in [4.69, 9.17) is 5.11 Å². The zero-order chi connectivity index (χ0) is 15.0. The molecule has 1 aliphatic rings. The lowest BCUT2D eigenvalue weighted by Gasteiger charge is -2.19. The second-order valence-electron chi connectivity index (χ2n) is 5.19. The first-order chi connectivity index (χ1) is 10.0. The summed E-state index contributed by atoms with van der Waals surface area (Å²) in [6.07, 6.45) is 3.68. The quantitative estimate of drug-likeness (QED) is 0.883. The van der Waals surface area contributed by atoms with Crippen molar-refractivity contribution in [3.05, 3.63) is 44.9 Å². The van der Waals surface area contributed by atoms with Gasteiger partial charge >= 0.3 is 5.97 Å². The van der Waals surface area contributed by atoms with Crippen LogP contribution in [0.5, 0.6) is 0 Å². The van der Waals surface area contributed by atoms with Gasteiger partial charge in [-0.05, 0) is 40.9 Å². The van der Waals surface area contributed by atoms with Gasteiger partial charge in [0, 0.05) is 29.3 Å². The molecule has 0 atom stereocenters. The molecule has 1 aliphatic carbocycles. The molecule has 3 rings (SSSR count). The second kappa shape index (κ2) is 5.57. The molecule has 0 saturated heterocycles. The monoisotopic (exact) mass is 351 g/mol. The molecule has 21 heavy (non-hydrogen) atoms. The van der Waals surface area contributed by atoms with Crippen LogP contribution in [0, 0.1) is 0 Å². The molecule has 2 aromatic heterocycles. The molecule has 1 N–H and O–H groups in total. The summed E-state index contributed by atoms with van der Waals surface area (Å²) in [5.74, 6) is -0.858. The van der Waals surface area contributed by atoms with Crippen molar-refractivity contribution >= 4 is 27.5 Å². The van der Waals surface area contributed by atoms with E-state index in [1.54, 1.807) is 12.3 Å². The van der Waals surface area contributed by atoms with Crippen LogP contribution in [-0.4, -0.2) is 37.9 Å². The van der Waals surface area contributed by atoms with E-state index in [2.05, 4.69) is 20.9 Å². The fourth-order valence-corrected chi connectivity index (χ4v) is 2.68. The molecule has 0 radical (unpaired) electrons. The summed E-state index contributed by atoms with van der Waals surface area (Å²) in [5, 5.41) is 8.96. The first-order valence-electron chi connectivity index (χ1n) is 6.66. The first kappa shape index (κ1) is 14.2. The van der Waals surface area contributed by atoms with E-state index in [9.17, 15) is 9.59 Å². The van der Waals surface area contributed by atoms with Gasteiger partial charge in [0.2, 0.25) is 0 Å². The average Bonchev–Trinajstić information content (AvgIpc) is 3.23. The van der Waals surface area contributed by atoms with Crippen LogP contribution in [0.2, 0.25) is 0 Å². The van der Waals surface area contributed by atoms with E-state index in [1.165, 1.54) is 10.5 Å². The van der Waals surface area contributed by atoms with Gasteiger partial charge in [0.1, 0.15) is 5.65 Å². The number of carbonyl (C=O) groups is 1. The van der Waals surface area contributed by atoms with Gasteiger partial charge in [0.05, 0.1) is 12.2 Å². The minimum Gasteiger partial charge on any atom is -0.480 e. The Hall–Kier alpha value is -1.73. The molecule has 2 aromatic rings. The predicted molar refractivity (Wildman–Crippen MR) is 80.2 cm³/mol. The number of aromatic nitrogens is 2. The third-order valence-electron chi connectivity index (χ3n) is 3.44. The van der Waals surface area contributed by atoms with Crippen molar-refractivity contribution in [2.45, 2.75) is 25.4 Å². The molecule has 110 valence electrons. The molecule has 0 amide bonds. The van der Waals surface area contributed by atoms with E-state index < -0.39 is 5.97 Å². The number of aliphatic carboxylic acids is 1. The summed E-state index contributed by atoms with van der Waals surface area (Å²) in [5.41, 5.74) is 1.00. The Morgan fingerprint density at radius 1 is 1.48 bits per heavy atom. The lowest BCUT2D eigenvalue weighted by molar-refractivity contribution is -0.138. The van der Waals surface area contributed by atoms with Crippen molar-refractivity contribution in [2.75, 3.05) is 6.54 Å². The molecule has 0 spiro atoms. The zero-order valence-electron chi connectivity index (χ0n) is 11.2. The minimum atomic E-state index is -0.858. The molecular formula is C14H14BrN3O3. The number of rotatable bonds is 5. The number of halogens is 1. The van der Waals surface area contributed by atoms with Crippen molar-refractivity contribution < 1.29 is 9.90 Å². The number of nitrogens with zero attached hydrogens (tertiary/aromatic N) is 3. The smallest absolute Gasteiger partial charge is 0.317 e. The Morgan fingerprint density at radius 3 is 2.90 bits per heavy atom. The molecule has 1 saturated carbocycles. The van der Waals surface area contributed by atoms with E-state index in [1.807, 2.05) is 11.0 Å². The summed E-state index contributed by atoms with van der Waals surface area (Å²) in [7, 11) is 0. The van der Waals surface area contributed by atoms with Crippen molar-refractivity contribution in [3.63, 3.8) is 0 Å². The third-order valence-corrected chi connectivity index (χ3v) is 3.91. The minimum absolute atomic E-state index is 0.0218. The van der Waals surface area contributed by atoms with E-state index in [-0.39, 0.29) is 12.1 Å². The van der Waals surface area contributed by atoms with Crippen LogP contribution in [0.4, 0.5) is 0 Å². The van der Waals surface area contributed by atoms with Crippen LogP contribution in [0.15, 0.2) is 33.7 Å². The van der Waals surface area contributed by atoms with Gasteiger partial charge in [-0.1, -0.05) is 0 Å². The number of carboxylic acid groups (broad SMARTS) is 1. The van der Waals surface area contributed by atoms with Crippen molar-refractivity contribution in [1.82, 2.24) is 14.3 Å². The van der Waals surface area contributed by atoms with Crippen LogP contribution in [0.25, 0.3) is 5.65 Å². The van der Waals surface area contributed by atoms with Crippen LogP contribution < -0.4 is 5.56 Å². The number of carboxylic acids is 1. The summed E-state index contributed by atoms with van der Waals surface area (Å²) >= 11 is 3.32. The highest BCUT2D eigenvalue weighted by Gasteiger charge is 2.30. The Kier molecular flexibility index (Phi) is 3.77. The highest BCUT2D eigenvalue weighted by atomic mass is 79.9. The largest absolute Gasteiger partial charge is 0.480 e. The number of hydrogen-bond acceptors (Lipinski definition) is 4. The first-order valence-corrected chi connectivity index (χ1v) is 7.46. The second-order valence-corrected chi connectivity index (χ2v) is 6.11. The molecule has 7 heteroatoms. The van der Waals surface area contributed by atoms with E-state index in [0.717, 1.165) is 17.3 Å². The highest BCUT2D eigenvalue weighted by Crippen LogP contribution is 2.27. The lowest BCUT2D eigenvalue weighted by Crippen LogP contribution is -2.32. The SMILES string of the molecule is O=C(O)CN(Cc1cc(=O)n2cc(Br)ccc2n1)C1CC1. The number of hydrogen-bond donors (Lipinski definition) is 1. The van der Waals surface area contributed by atoms with Gasteiger partial charge in [-0.25, -0.2) is 4.98 Å². The fraction of sp³-hybridized carbons (Fsp3) is 0.357. The third kappa shape index (κ3) is 3.30. The zero-order valence-corrected chi connectivity index (χ0v) is 12.8. The molecule has 0 aromatic carbocycles. The predicted octanol–water partition coefficient (Wildman–Crippen LogP) is 1.51. The van der Waals surface area contributed by atoms with Crippen LogP contribution in [0.1, 0.15) is 18.5 Å². The standard InChI is InChI=1S/C14H14BrN3O3/c15-9-1-4-12-16-10(5-13(19)18(12)6-9)7-17(8-14(20)21)11-2-3-11/h1,4-6,11H,2-3,7-8H2,(H,20,21). The maximum absolute atomic E-state index is 12.1. The normalized spacial score (nSPS) is 14.8. The molecule has 0 aliphatic heterocycles. The van der Waals surface area contributed by atoms with E-state index in [0.29, 0.717) is 23.9 Å². The van der Waals surface area contributed by atoms with Crippen molar-refractivity contribution in [1.29, 1.82) is 0 Å². The topological polar surface area (TPSA) is 74.9 Å². The Morgan fingerprint density at radius 2 is 2.24 bits per heavy atom. The summed E-state index contributed by atoms with van der Waals surface area (Å²) in [4.78, 5) is 29.3. The molecule has 1 fully saturated rings. The maximum atomic E-state index is 12.1. The molecule has 2 heterocycles.